The summed E-state index contributed by atoms with van der Waals surface area (Å²) in [5, 5.41) is 0. The second-order valence-corrected chi connectivity index (χ2v) is 7.31. The van der Waals surface area contributed by atoms with Gasteiger partial charge in [0.15, 0.2) is 11.5 Å². The maximum atomic E-state index is 12.0. The third kappa shape index (κ3) is 5.97. The Balaban J connectivity index is 1.95. The second-order valence-electron chi connectivity index (χ2n) is 5.52. The minimum absolute atomic E-state index is 0.113. The van der Waals surface area contributed by atoms with Crippen molar-refractivity contribution < 1.29 is 28.2 Å². The van der Waals surface area contributed by atoms with Gasteiger partial charge < -0.3 is 33.9 Å². The van der Waals surface area contributed by atoms with E-state index in [0.29, 0.717) is 30.7 Å². The van der Waals surface area contributed by atoms with Gasteiger partial charge in [-0.05, 0) is 6.42 Å². The van der Waals surface area contributed by atoms with Gasteiger partial charge in [0, 0.05) is 20.8 Å². The molecule has 2 atom stereocenters. The Bertz CT molecular complexity index is 742. The minimum Gasteiger partial charge on any atom is -0.385 e. The van der Waals surface area contributed by atoms with E-state index in [-0.39, 0.29) is 19.0 Å². The summed E-state index contributed by atoms with van der Waals surface area (Å²) in [5.41, 5.74) is 6.80. The van der Waals surface area contributed by atoms with Crippen LogP contribution in [-0.4, -0.2) is 70.9 Å². The normalized spacial score (nSPS) is 15.2. The molecule has 0 fully saturated rings. The molecule has 0 aliphatic rings. The van der Waals surface area contributed by atoms with E-state index in [9.17, 15) is 9.46 Å². The number of methoxy groups -OCH3 is 2. The number of hydrogen-bond donors (Lipinski definition) is 2. The summed E-state index contributed by atoms with van der Waals surface area (Å²) in [6.07, 6.45) is 2.47. The Kier molecular flexibility index (Phi) is 7.88. The highest BCUT2D eigenvalue weighted by Crippen LogP contribution is 2.42. The second kappa shape index (κ2) is 9.91. The average Bonchev–Trinajstić information content (AvgIpc) is 3.01. The third-order valence-corrected chi connectivity index (χ3v) is 4.50. The molecule has 3 N–H and O–H groups in total. The van der Waals surface area contributed by atoms with Crippen molar-refractivity contribution in [3.05, 3.63) is 12.7 Å². The van der Waals surface area contributed by atoms with E-state index >= 15 is 0 Å². The molecule has 0 spiro atoms. The SMILES string of the molecule is COCCCOP(=O)(O)CO[C@H](COC)Cn1cnc2c(N)ncnc21. The summed E-state index contributed by atoms with van der Waals surface area (Å²) in [6.45, 7) is 1.09. The van der Waals surface area contributed by atoms with Gasteiger partial charge in [0.05, 0.1) is 32.2 Å². The molecule has 1 unspecified atom stereocenters. The van der Waals surface area contributed by atoms with Crippen LogP contribution in [0.3, 0.4) is 0 Å². The first-order valence-electron chi connectivity index (χ1n) is 7.94. The first-order chi connectivity index (χ1) is 12.5. The average molecular weight is 389 g/mol. The first kappa shape index (κ1) is 20.7. The lowest BCUT2D eigenvalue weighted by molar-refractivity contribution is 0.00230. The molecule has 0 aliphatic carbocycles. The molecule has 146 valence electrons. The molecular formula is C14H24N5O6P. The van der Waals surface area contributed by atoms with Gasteiger partial charge in [-0.2, -0.15) is 0 Å². The van der Waals surface area contributed by atoms with E-state index in [0.717, 1.165) is 0 Å². The summed E-state index contributed by atoms with van der Waals surface area (Å²) < 4.78 is 34.3. The van der Waals surface area contributed by atoms with Gasteiger partial charge in [-0.3, -0.25) is 4.57 Å². The molecule has 2 heterocycles. The van der Waals surface area contributed by atoms with E-state index in [1.807, 2.05) is 0 Å². The fraction of sp³-hybridized carbons (Fsp3) is 0.643. The number of ether oxygens (including phenoxy) is 3. The van der Waals surface area contributed by atoms with Crippen molar-refractivity contribution in [2.45, 2.75) is 19.1 Å². The van der Waals surface area contributed by atoms with E-state index in [2.05, 4.69) is 15.0 Å². The first-order valence-corrected chi connectivity index (χ1v) is 9.70. The van der Waals surface area contributed by atoms with Gasteiger partial charge in [-0.1, -0.05) is 0 Å². The van der Waals surface area contributed by atoms with Crippen LogP contribution in [0.4, 0.5) is 5.82 Å². The quantitative estimate of drug-likeness (QED) is 0.392. The Morgan fingerprint density at radius 1 is 1.27 bits per heavy atom. The minimum atomic E-state index is -3.86. The molecule has 0 amide bonds. The van der Waals surface area contributed by atoms with Crippen LogP contribution in [0.2, 0.25) is 0 Å². The van der Waals surface area contributed by atoms with E-state index < -0.39 is 20.0 Å². The number of nitrogens with two attached hydrogens (primary N) is 1. The van der Waals surface area contributed by atoms with Crippen molar-refractivity contribution in [1.82, 2.24) is 19.5 Å². The van der Waals surface area contributed by atoms with Crippen molar-refractivity contribution in [1.29, 1.82) is 0 Å². The molecule has 11 nitrogen and oxygen atoms in total. The summed E-state index contributed by atoms with van der Waals surface area (Å²) in [5.74, 6) is 0.280. The molecule has 2 rings (SSSR count). The van der Waals surface area contributed by atoms with Crippen LogP contribution in [0.1, 0.15) is 6.42 Å². The molecule has 0 aliphatic heterocycles. The van der Waals surface area contributed by atoms with Crippen LogP contribution < -0.4 is 5.73 Å². The standard InChI is InChI=1S/C14H24N5O6P/c1-22-4-3-5-25-26(20,21)10-24-11(7-23-2)6-19-9-18-12-13(15)16-8-17-14(12)19/h8-9,11H,3-7,10H2,1-2H3,(H,20,21)(H2,15,16,17)/t11-/m0/s1. The number of rotatable bonds is 12. The highest BCUT2D eigenvalue weighted by atomic mass is 31.2. The maximum Gasteiger partial charge on any atom is 0.353 e. The lowest BCUT2D eigenvalue weighted by Crippen LogP contribution is -2.26. The zero-order chi connectivity index (χ0) is 19.0. The number of anilines is 1. The number of aromatic nitrogens is 4. The van der Waals surface area contributed by atoms with E-state index in [1.165, 1.54) is 13.4 Å². The number of nitrogen functional groups attached to an aromatic ring is 1. The molecule has 2 aromatic heterocycles. The third-order valence-electron chi connectivity index (χ3n) is 3.44. The van der Waals surface area contributed by atoms with Crippen molar-refractivity contribution in [3.8, 4) is 0 Å². The predicted octanol–water partition coefficient (Wildman–Crippen LogP) is 0.636. The lowest BCUT2D eigenvalue weighted by atomic mass is 10.3. The molecule has 0 radical (unpaired) electrons. The zero-order valence-corrected chi connectivity index (χ0v) is 15.7. The topological polar surface area (TPSA) is 144 Å². The van der Waals surface area contributed by atoms with Crippen molar-refractivity contribution in [2.75, 3.05) is 46.1 Å². The molecule has 0 aromatic carbocycles. The highest BCUT2D eigenvalue weighted by Gasteiger charge is 2.23. The van der Waals surface area contributed by atoms with Gasteiger partial charge >= 0.3 is 7.60 Å². The predicted molar refractivity (Wildman–Crippen MR) is 93.6 cm³/mol. The Morgan fingerprint density at radius 3 is 2.81 bits per heavy atom. The van der Waals surface area contributed by atoms with Crippen LogP contribution in [0, 0.1) is 0 Å². The monoisotopic (exact) mass is 389 g/mol. The van der Waals surface area contributed by atoms with Crippen LogP contribution in [0.15, 0.2) is 12.7 Å². The maximum absolute atomic E-state index is 12.0. The largest absolute Gasteiger partial charge is 0.385 e. The van der Waals surface area contributed by atoms with Gasteiger partial charge in [-0.15, -0.1) is 0 Å². The van der Waals surface area contributed by atoms with Crippen LogP contribution >= 0.6 is 7.60 Å². The van der Waals surface area contributed by atoms with Gasteiger partial charge in [0.25, 0.3) is 0 Å². The van der Waals surface area contributed by atoms with Gasteiger partial charge in [-0.25, -0.2) is 15.0 Å². The molecule has 0 saturated carbocycles. The van der Waals surface area contributed by atoms with Crippen LogP contribution in [-0.2, 0) is 29.8 Å². The number of hydrogen-bond acceptors (Lipinski definition) is 9. The zero-order valence-electron chi connectivity index (χ0n) is 14.8. The van der Waals surface area contributed by atoms with Gasteiger partial charge in [0.1, 0.15) is 18.2 Å². The van der Waals surface area contributed by atoms with Crippen LogP contribution in [0.25, 0.3) is 11.2 Å². The fourth-order valence-corrected chi connectivity index (χ4v) is 3.13. The highest BCUT2D eigenvalue weighted by molar-refractivity contribution is 7.52. The molecule has 12 heteroatoms. The molecule has 26 heavy (non-hydrogen) atoms. The smallest absolute Gasteiger partial charge is 0.353 e. The van der Waals surface area contributed by atoms with Crippen molar-refractivity contribution >= 4 is 24.6 Å². The summed E-state index contributed by atoms with van der Waals surface area (Å²) in [4.78, 5) is 22.0. The number of fused-ring (bicyclic) bond motifs is 1. The van der Waals surface area contributed by atoms with Crippen LogP contribution in [0.5, 0.6) is 0 Å². The molecular weight excluding hydrogens is 365 g/mol. The lowest BCUT2D eigenvalue weighted by Gasteiger charge is -2.20. The number of nitrogens with zero attached hydrogens (tertiary/aromatic N) is 4. The van der Waals surface area contributed by atoms with E-state index in [4.69, 9.17) is 24.5 Å². The summed E-state index contributed by atoms with van der Waals surface area (Å²) >= 11 is 0. The Hall–Kier alpha value is -1.62. The van der Waals surface area contributed by atoms with Crippen molar-refractivity contribution in [2.24, 2.45) is 0 Å². The molecule has 2 aromatic rings. The Labute approximate surface area is 151 Å². The Morgan fingerprint density at radius 2 is 2.08 bits per heavy atom. The van der Waals surface area contributed by atoms with Crippen molar-refractivity contribution in [3.63, 3.8) is 0 Å². The summed E-state index contributed by atoms with van der Waals surface area (Å²) in [6, 6.07) is 0. The molecule has 0 saturated heterocycles. The number of imidazole rings is 1. The summed E-state index contributed by atoms with van der Waals surface area (Å²) in [7, 11) is -0.793. The molecule has 0 bridgehead atoms. The van der Waals surface area contributed by atoms with E-state index in [1.54, 1.807) is 18.0 Å². The van der Waals surface area contributed by atoms with Gasteiger partial charge in [0.2, 0.25) is 0 Å². The fourth-order valence-electron chi connectivity index (χ4n) is 2.24.